The summed E-state index contributed by atoms with van der Waals surface area (Å²) in [5, 5.41) is 17.1. The second-order valence-electron chi connectivity index (χ2n) is 24.3. The predicted molar refractivity (Wildman–Crippen MR) is 397 cm³/mol. The lowest BCUT2D eigenvalue weighted by Crippen LogP contribution is -2.11. The molecule has 17 aromatic carbocycles. The molecule has 93 heavy (non-hydrogen) atoms. The van der Waals surface area contributed by atoms with E-state index in [1.54, 1.807) is 0 Å². The maximum absolute atomic E-state index is 2.48. The van der Waals surface area contributed by atoms with Gasteiger partial charge in [-0.3, -0.25) is 0 Å². The number of hydrogen-bond donors (Lipinski definition) is 0. The molecule has 1 aromatic heterocycles. The molecule has 0 aliphatic carbocycles. The SMILES string of the molecule is c1ccc(-c2ccc(N(c3ccc(-c4ccc5c(c4)c4cc(-c6ccc(N(c7ccccc7)c7cccc8ccccc78)cc6)ccc4n5-c4ccc5c6ccccc6c6ccccc6c5c4)cc3)c3ccc(-c4ccccc4)c4ccccc34)c3ccccc23)cc1. The van der Waals surface area contributed by atoms with E-state index in [1.165, 1.54) is 97.7 Å². The third-order valence-corrected chi connectivity index (χ3v) is 19.1. The molecule has 0 amide bonds. The van der Waals surface area contributed by atoms with E-state index in [9.17, 15) is 0 Å². The number of hydrogen-bond acceptors (Lipinski definition) is 2. The summed E-state index contributed by atoms with van der Waals surface area (Å²) in [6.45, 7) is 0. The van der Waals surface area contributed by atoms with Crippen molar-refractivity contribution in [2.24, 2.45) is 0 Å². The van der Waals surface area contributed by atoms with E-state index < -0.39 is 0 Å². The van der Waals surface area contributed by atoms with Gasteiger partial charge in [-0.2, -0.15) is 0 Å². The van der Waals surface area contributed by atoms with Crippen LogP contribution in [0, 0.1) is 0 Å². The van der Waals surface area contributed by atoms with Gasteiger partial charge in [-0.25, -0.2) is 0 Å². The summed E-state index contributed by atoms with van der Waals surface area (Å²) in [5.41, 5.74) is 19.5. The molecule has 18 aromatic rings. The standard InChI is InChI=1S/C90H59N3/c1-4-21-62(22-5-1)71-51-55-87(81-36-18-16-30-74(71)81)92(88-56-52-72(63-23-6-2-7-24-63)75-31-17-19-37-82(75)88)69-47-41-61(42-48-69)66-44-54-90-85(58-66)84-57-65(60-39-45-68(46-40-60)91(67-27-8-3-9-28-67)86-38-20-26-64-25-10-11-29-73(64)86)43-53-89(84)93(90)70-49-50-80-78-34-13-12-32-76(78)77-33-14-15-35-79(77)83(80)59-70/h1-59H. The zero-order valence-electron chi connectivity index (χ0n) is 50.9. The molecule has 0 fully saturated rings. The third-order valence-electron chi connectivity index (χ3n) is 19.1. The van der Waals surface area contributed by atoms with Crippen molar-refractivity contribution in [3.63, 3.8) is 0 Å². The molecule has 0 saturated carbocycles. The Labute approximate surface area is 539 Å². The topological polar surface area (TPSA) is 11.4 Å². The molecule has 0 bridgehead atoms. The number of aromatic nitrogens is 1. The lowest BCUT2D eigenvalue weighted by atomic mass is 9.94. The normalized spacial score (nSPS) is 11.7. The zero-order valence-corrected chi connectivity index (χ0v) is 50.9. The molecule has 0 aliphatic rings. The van der Waals surface area contributed by atoms with Gasteiger partial charge >= 0.3 is 0 Å². The Balaban J connectivity index is 0.794. The highest BCUT2D eigenvalue weighted by Gasteiger charge is 2.23. The number of nitrogens with zero attached hydrogens (tertiary/aromatic N) is 3. The summed E-state index contributed by atoms with van der Waals surface area (Å²) in [6.07, 6.45) is 0. The summed E-state index contributed by atoms with van der Waals surface area (Å²) < 4.78 is 2.48. The number of fused-ring (bicyclic) bond motifs is 12. The van der Waals surface area contributed by atoms with Crippen LogP contribution in [0.5, 0.6) is 0 Å². The summed E-state index contributed by atoms with van der Waals surface area (Å²) in [5.74, 6) is 0. The van der Waals surface area contributed by atoms with E-state index in [2.05, 4.69) is 372 Å². The van der Waals surface area contributed by atoms with Crippen LogP contribution < -0.4 is 9.80 Å². The van der Waals surface area contributed by atoms with Crippen LogP contribution in [0.1, 0.15) is 0 Å². The Morgan fingerprint density at radius 2 is 0.559 bits per heavy atom. The van der Waals surface area contributed by atoms with Gasteiger partial charge in [0, 0.05) is 49.7 Å². The summed E-state index contributed by atoms with van der Waals surface area (Å²) in [4.78, 5) is 4.85. The summed E-state index contributed by atoms with van der Waals surface area (Å²) in [7, 11) is 0. The van der Waals surface area contributed by atoms with E-state index in [4.69, 9.17) is 0 Å². The molecule has 0 spiro atoms. The average molecular weight is 1180 g/mol. The summed E-state index contributed by atoms with van der Waals surface area (Å²) >= 11 is 0. The highest BCUT2D eigenvalue weighted by molar-refractivity contribution is 6.26. The Bertz CT molecular complexity index is 5750. The smallest absolute Gasteiger partial charge is 0.0541 e. The molecule has 0 atom stereocenters. The fourth-order valence-corrected chi connectivity index (χ4v) is 14.8. The molecule has 434 valence electrons. The Morgan fingerprint density at radius 3 is 1.08 bits per heavy atom. The number of para-hydroxylation sites is 1. The zero-order chi connectivity index (χ0) is 61.3. The second-order valence-corrected chi connectivity index (χ2v) is 24.3. The molecule has 18 rings (SSSR count). The first-order chi connectivity index (χ1) is 46.1. The Hall–Kier alpha value is -12.3. The molecule has 3 nitrogen and oxygen atoms in total. The van der Waals surface area contributed by atoms with Crippen LogP contribution in [0.3, 0.4) is 0 Å². The fourth-order valence-electron chi connectivity index (χ4n) is 14.8. The van der Waals surface area contributed by atoms with Crippen LogP contribution >= 0.6 is 0 Å². The van der Waals surface area contributed by atoms with Crippen molar-refractivity contribution in [1.82, 2.24) is 4.57 Å². The van der Waals surface area contributed by atoms with Crippen molar-refractivity contribution >= 4 is 121 Å². The highest BCUT2D eigenvalue weighted by atomic mass is 15.2. The molecule has 0 radical (unpaired) electrons. The quantitative estimate of drug-likeness (QED) is 0.120. The van der Waals surface area contributed by atoms with Gasteiger partial charge in [0.05, 0.1) is 28.1 Å². The first kappa shape index (κ1) is 53.7. The van der Waals surface area contributed by atoms with Crippen molar-refractivity contribution in [3.05, 3.63) is 358 Å². The largest absolute Gasteiger partial charge is 0.310 e. The fraction of sp³-hybridized carbons (Fsp3) is 0. The molecule has 1 heterocycles. The molecule has 0 saturated heterocycles. The maximum Gasteiger partial charge on any atom is 0.0541 e. The van der Waals surface area contributed by atoms with Crippen molar-refractivity contribution in [3.8, 4) is 50.2 Å². The van der Waals surface area contributed by atoms with Crippen LogP contribution in [0.2, 0.25) is 0 Å². The highest BCUT2D eigenvalue weighted by Crippen LogP contribution is 2.48. The van der Waals surface area contributed by atoms with Gasteiger partial charge in [0.1, 0.15) is 0 Å². The van der Waals surface area contributed by atoms with E-state index in [1.807, 2.05) is 0 Å². The number of rotatable bonds is 11. The van der Waals surface area contributed by atoms with Crippen LogP contribution in [0.25, 0.3) is 137 Å². The number of anilines is 6. The molecule has 0 unspecified atom stereocenters. The molecular formula is C90H59N3. The van der Waals surface area contributed by atoms with Gasteiger partial charge < -0.3 is 14.4 Å². The molecular weight excluding hydrogens is 1120 g/mol. The number of benzene rings is 17. The first-order valence-corrected chi connectivity index (χ1v) is 32.1. The van der Waals surface area contributed by atoms with Crippen molar-refractivity contribution < 1.29 is 0 Å². The van der Waals surface area contributed by atoms with Gasteiger partial charge in [0.2, 0.25) is 0 Å². The lowest BCUT2D eigenvalue weighted by Gasteiger charge is -2.29. The van der Waals surface area contributed by atoms with Crippen molar-refractivity contribution in [1.29, 1.82) is 0 Å². The maximum atomic E-state index is 2.48. The van der Waals surface area contributed by atoms with Gasteiger partial charge in [-0.15, -0.1) is 0 Å². The summed E-state index contributed by atoms with van der Waals surface area (Å²) in [6, 6.07) is 132. The van der Waals surface area contributed by atoms with Gasteiger partial charge in [-0.1, -0.05) is 267 Å². The van der Waals surface area contributed by atoms with Crippen LogP contribution in [0.4, 0.5) is 34.1 Å². The lowest BCUT2D eigenvalue weighted by molar-refractivity contribution is 1.19. The third kappa shape index (κ3) is 9.12. The van der Waals surface area contributed by atoms with Crippen LogP contribution in [-0.4, -0.2) is 4.57 Å². The van der Waals surface area contributed by atoms with E-state index >= 15 is 0 Å². The first-order valence-electron chi connectivity index (χ1n) is 32.1. The molecule has 3 heteroatoms. The van der Waals surface area contributed by atoms with Gasteiger partial charge in [0.15, 0.2) is 0 Å². The second kappa shape index (κ2) is 22.3. The molecule has 0 N–H and O–H groups in total. The Morgan fingerprint density at radius 1 is 0.183 bits per heavy atom. The minimum Gasteiger partial charge on any atom is -0.310 e. The monoisotopic (exact) mass is 1180 g/mol. The van der Waals surface area contributed by atoms with Crippen LogP contribution in [0.15, 0.2) is 358 Å². The van der Waals surface area contributed by atoms with Gasteiger partial charge in [-0.05, 0) is 184 Å². The van der Waals surface area contributed by atoms with E-state index in [-0.39, 0.29) is 0 Å². The van der Waals surface area contributed by atoms with Crippen LogP contribution in [-0.2, 0) is 0 Å². The van der Waals surface area contributed by atoms with Gasteiger partial charge in [0.25, 0.3) is 0 Å². The minimum absolute atomic E-state index is 1.07. The Kier molecular flexibility index (Phi) is 12.9. The predicted octanol–water partition coefficient (Wildman–Crippen LogP) is 25.3. The average Bonchev–Trinajstić information content (AvgIpc) is 1.72. The molecule has 0 aliphatic heterocycles. The van der Waals surface area contributed by atoms with Crippen molar-refractivity contribution in [2.75, 3.05) is 9.80 Å². The minimum atomic E-state index is 1.07. The van der Waals surface area contributed by atoms with Crippen molar-refractivity contribution in [2.45, 2.75) is 0 Å². The van der Waals surface area contributed by atoms with E-state index in [0.29, 0.717) is 0 Å². The van der Waals surface area contributed by atoms with E-state index in [0.717, 1.165) is 73.1 Å².